The number of rotatable bonds is 4. The first-order valence-corrected chi connectivity index (χ1v) is 8.24. The van der Waals surface area contributed by atoms with Crippen molar-refractivity contribution in [2.24, 2.45) is 5.92 Å². The minimum atomic E-state index is -0.464. The molecule has 2 aromatic rings. The topological polar surface area (TPSA) is 62.3 Å². The molecular formula is C19H20FN3O2. The Balaban J connectivity index is 1.79. The molecule has 1 fully saturated rings. The molecule has 1 aromatic heterocycles. The third-order valence-corrected chi connectivity index (χ3v) is 4.60. The number of benzene rings is 1. The fraction of sp³-hybridized carbons (Fsp3) is 0.316. The lowest BCUT2D eigenvalue weighted by atomic mass is 9.84. The second kappa shape index (κ2) is 7.42. The SMILES string of the molecule is CN1C(=O)CC[C@@H](C(=O)NCc2ccncc2)[C@@H]1c1cccc(F)c1. The third-order valence-electron chi connectivity index (χ3n) is 4.60. The van der Waals surface area contributed by atoms with Gasteiger partial charge in [0.25, 0.3) is 0 Å². The van der Waals surface area contributed by atoms with Crippen LogP contribution < -0.4 is 5.32 Å². The highest BCUT2D eigenvalue weighted by Gasteiger charge is 2.38. The summed E-state index contributed by atoms with van der Waals surface area (Å²) >= 11 is 0. The van der Waals surface area contributed by atoms with Crippen molar-refractivity contribution in [3.8, 4) is 0 Å². The van der Waals surface area contributed by atoms with E-state index >= 15 is 0 Å². The van der Waals surface area contributed by atoms with Gasteiger partial charge in [-0.05, 0) is 41.8 Å². The number of nitrogens with one attached hydrogen (secondary N) is 1. The van der Waals surface area contributed by atoms with E-state index in [0.717, 1.165) is 5.56 Å². The first-order chi connectivity index (χ1) is 12.1. The Morgan fingerprint density at radius 1 is 1.32 bits per heavy atom. The van der Waals surface area contributed by atoms with Crippen LogP contribution in [0.4, 0.5) is 4.39 Å². The maximum Gasteiger partial charge on any atom is 0.225 e. The zero-order valence-corrected chi connectivity index (χ0v) is 14.0. The normalized spacial score (nSPS) is 20.4. The predicted molar refractivity (Wildman–Crippen MR) is 90.7 cm³/mol. The predicted octanol–water partition coefficient (Wildman–Crippen LogP) is 2.45. The zero-order chi connectivity index (χ0) is 17.8. The van der Waals surface area contributed by atoms with E-state index < -0.39 is 12.0 Å². The summed E-state index contributed by atoms with van der Waals surface area (Å²) in [6.45, 7) is 0.394. The zero-order valence-electron chi connectivity index (χ0n) is 14.0. The molecular weight excluding hydrogens is 321 g/mol. The molecule has 0 spiro atoms. The van der Waals surface area contributed by atoms with Crippen LogP contribution in [0.3, 0.4) is 0 Å². The second-order valence-corrected chi connectivity index (χ2v) is 6.22. The molecule has 2 amide bonds. The number of nitrogens with zero attached hydrogens (tertiary/aromatic N) is 2. The van der Waals surface area contributed by atoms with Gasteiger partial charge in [-0.1, -0.05) is 12.1 Å². The lowest BCUT2D eigenvalue weighted by Crippen LogP contribution is -2.46. The van der Waals surface area contributed by atoms with E-state index in [4.69, 9.17) is 0 Å². The molecule has 130 valence electrons. The number of carbonyl (C=O) groups excluding carboxylic acids is 2. The van der Waals surface area contributed by atoms with Gasteiger partial charge in [0, 0.05) is 32.4 Å². The van der Waals surface area contributed by atoms with Crippen LogP contribution in [-0.2, 0) is 16.1 Å². The lowest BCUT2D eigenvalue weighted by molar-refractivity contribution is -0.141. The molecule has 1 aliphatic rings. The Labute approximate surface area is 145 Å². The Bertz CT molecular complexity index is 766. The lowest BCUT2D eigenvalue weighted by Gasteiger charge is -2.38. The summed E-state index contributed by atoms with van der Waals surface area (Å²) in [7, 11) is 1.67. The van der Waals surface area contributed by atoms with Gasteiger partial charge in [-0.15, -0.1) is 0 Å². The molecule has 0 saturated carbocycles. The monoisotopic (exact) mass is 341 g/mol. The van der Waals surface area contributed by atoms with Gasteiger partial charge < -0.3 is 10.2 Å². The van der Waals surface area contributed by atoms with Crippen LogP contribution in [0.2, 0.25) is 0 Å². The minimum Gasteiger partial charge on any atom is -0.352 e. The largest absolute Gasteiger partial charge is 0.352 e. The van der Waals surface area contributed by atoms with E-state index in [9.17, 15) is 14.0 Å². The van der Waals surface area contributed by atoms with Crippen molar-refractivity contribution >= 4 is 11.8 Å². The van der Waals surface area contributed by atoms with Crippen LogP contribution in [0, 0.1) is 11.7 Å². The van der Waals surface area contributed by atoms with E-state index in [1.54, 1.807) is 36.5 Å². The molecule has 0 radical (unpaired) electrons. The van der Waals surface area contributed by atoms with Crippen molar-refractivity contribution in [3.63, 3.8) is 0 Å². The van der Waals surface area contributed by atoms with Gasteiger partial charge in [0.05, 0.1) is 12.0 Å². The molecule has 0 unspecified atom stereocenters. The van der Waals surface area contributed by atoms with Crippen molar-refractivity contribution in [1.29, 1.82) is 0 Å². The van der Waals surface area contributed by atoms with E-state index in [1.165, 1.54) is 12.1 Å². The molecule has 0 aliphatic carbocycles. The number of halogens is 1. The number of likely N-dealkylation sites (tertiary alicyclic amines) is 1. The number of carbonyl (C=O) groups is 2. The standard InChI is InChI=1S/C19H20FN3O2/c1-23-17(24)6-5-16(18(23)14-3-2-4-15(20)11-14)19(25)22-12-13-7-9-21-10-8-13/h2-4,7-11,16,18H,5-6,12H2,1H3,(H,22,25)/t16-,18+/m1/s1. The molecule has 1 saturated heterocycles. The van der Waals surface area contributed by atoms with E-state index in [-0.39, 0.29) is 17.6 Å². The smallest absolute Gasteiger partial charge is 0.225 e. The first-order valence-electron chi connectivity index (χ1n) is 8.24. The summed E-state index contributed by atoms with van der Waals surface area (Å²) in [5.74, 6) is -0.955. The minimum absolute atomic E-state index is 0.0348. The molecule has 6 heteroatoms. The fourth-order valence-electron chi connectivity index (χ4n) is 3.28. The van der Waals surface area contributed by atoms with E-state index in [0.29, 0.717) is 24.9 Å². The molecule has 5 nitrogen and oxygen atoms in total. The highest BCUT2D eigenvalue weighted by atomic mass is 19.1. The number of aromatic nitrogens is 1. The fourth-order valence-corrected chi connectivity index (χ4v) is 3.28. The van der Waals surface area contributed by atoms with Gasteiger partial charge in [0.15, 0.2) is 0 Å². The molecule has 1 aromatic carbocycles. The highest BCUT2D eigenvalue weighted by molar-refractivity contribution is 5.84. The van der Waals surface area contributed by atoms with Crippen molar-refractivity contribution in [1.82, 2.24) is 15.2 Å². The Morgan fingerprint density at radius 3 is 2.80 bits per heavy atom. The summed E-state index contributed by atoms with van der Waals surface area (Å²) in [5.41, 5.74) is 1.59. The van der Waals surface area contributed by atoms with E-state index in [2.05, 4.69) is 10.3 Å². The first kappa shape index (κ1) is 17.1. The van der Waals surface area contributed by atoms with Gasteiger partial charge in [-0.2, -0.15) is 0 Å². The van der Waals surface area contributed by atoms with Crippen LogP contribution in [0.1, 0.15) is 30.0 Å². The van der Waals surface area contributed by atoms with Crippen LogP contribution in [0.5, 0.6) is 0 Å². The summed E-state index contributed by atoms with van der Waals surface area (Å²) in [4.78, 5) is 30.3. The number of pyridine rings is 1. The average Bonchev–Trinajstić information content (AvgIpc) is 2.62. The van der Waals surface area contributed by atoms with Crippen molar-refractivity contribution < 1.29 is 14.0 Å². The second-order valence-electron chi connectivity index (χ2n) is 6.22. The molecule has 25 heavy (non-hydrogen) atoms. The van der Waals surface area contributed by atoms with Crippen molar-refractivity contribution in [2.45, 2.75) is 25.4 Å². The Kier molecular flexibility index (Phi) is 5.07. The molecule has 3 rings (SSSR count). The third kappa shape index (κ3) is 3.84. The highest BCUT2D eigenvalue weighted by Crippen LogP contribution is 2.36. The number of piperidine rings is 1. The van der Waals surface area contributed by atoms with Crippen LogP contribution in [0.25, 0.3) is 0 Å². The van der Waals surface area contributed by atoms with Gasteiger partial charge in [-0.3, -0.25) is 14.6 Å². The van der Waals surface area contributed by atoms with Crippen molar-refractivity contribution in [2.75, 3.05) is 7.05 Å². The maximum atomic E-state index is 13.6. The summed E-state index contributed by atoms with van der Waals surface area (Å²) < 4.78 is 13.6. The Morgan fingerprint density at radius 2 is 2.08 bits per heavy atom. The number of hydrogen-bond donors (Lipinski definition) is 1. The van der Waals surface area contributed by atoms with E-state index in [1.807, 2.05) is 12.1 Å². The number of hydrogen-bond acceptors (Lipinski definition) is 3. The summed E-state index contributed by atoms with van der Waals surface area (Å²) in [6, 6.07) is 9.31. The quantitative estimate of drug-likeness (QED) is 0.929. The van der Waals surface area contributed by atoms with Crippen LogP contribution in [-0.4, -0.2) is 28.7 Å². The van der Waals surface area contributed by atoms with Gasteiger partial charge in [-0.25, -0.2) is 4.39 Å². The molecule has 2 atom stereocenters. The number of amides is 2. The molecule has 1 aliphatic heterocycles. The molecule has 2 heterocycles. The molecule has 0 bridgehead atoms. The summed E-state index contributed by atoms with van der Waals surface area (Å²) in [6.07, 6.45) is 4.11. The summed E-state index contributed by atoms with van der Waals surface area (Å²) in [5, 5.41) is 2.92. The average molecular weight is 341 g/mol. The van der Waals surface area contributed by atoms with Crippen molar-refractivity contribution in [3.05, 3.63) is 65.7 Å². The van der Waals surface area contributed by atoms with Crippen LogP contribution >= 0.6 is 0 Å². The van der Waals surface area contributed by atoms with Gasteiger partial charge in [0.1, 0.15) is 5.82 Å². The van der Waals surface area contributed by atoms with Gasteiger partial charge in [0.2, 0.25) is 11.8 Å². The molecule has 1 N–H and O–H groups in total. The van der Waals surface area contributed by atoms with Crippen LogP contribution in [0.15, 0.2) is 48.8 Å². The Hall–Kier alpha value is -2.76. The van der Waals surface area contributed by atoms with Gasteiger partial charge >= 0.3 is 0 Å². The maximum absolute atomic E-state index is 13.6.